The van der Waals surface area contributed by atoms with Crippen molar-refractivity contribution >= 4 is 70.0 Å². The van der Waals surface area contributed by atoms with Gasteiger partial charge in [-0.05, 0) is 101 Å². The molecule has 8 amide bonds. The number of furan rings is 1. The number of anilines is 2. The van der Waals surface area contributed by atoms with E-state index < -0.39 is 29.7 Å². The molecular formula is C52H48FN9O9. The molecule has 5 heterocycles. The third-order valence-electron chi connectivity index (χ3n) is 12.4. The van der Waals surface area contributed by atoms with Gasteiger partial charge in [0.15, 0.2) is 0 Å². The molecule has 0 spiro atoms. The minimum Gasteiger partial charge on any atom is -0.459 e. The summed E-state index contributed by atoms with van der Waals surface area (Å²) in [5.74, 6) is -2.29. The van der Waals surface area contributed by atoms with Crippen molar-refractivity contribution in [1.29, 1.82) is 0 Å². The zero-order valence-corrected chi connectivity index (χ0v) is 38.2. The summed E-state index contributed by atoms with van der Waals surface area (Å²) in [6.07, 6.45) is 4.69. The van der Waals surface area contributed by atoms with Crippen LogP contribution in [0.2, 0.25) is 0 Å². The molecule has 0 aliphatic carbocycles. The van der Waals surface area contributed by atoms with Gasteiger partial charge in [-0.1, -0.05) is 30.3 Å². The van der Waals surface area contributed by atoms with Crippen LogP contribution in [0.1, 0.15) is 55.2 Å². The number of hydrogen-bond donors (Lipinski definition) is 5. The first-order chi connectivity index (χ1) is 34.4. The summed E-state index contributed by atoms with van der Waals surface area (Å²) in [5, 5.41) is 11.8. The SMILES string of the molecule is Nc1ccc(/C=C/C(=O)NCc2cc3cc(-c4ccc(C(=O)N5CCN(C(=O)NCCOCCNc6cccc7c6C(=O)N(C6CCC(=O)NC6=O)C7=O)CC5)cc4)cc(-c4ccc(F)cc4)c3o2)cn1. The second-order valence-corrected chi connectivity index (χ2v) is 17.0. The maximum Gasteiger partial charge on any atom is 0.317 e. The number of imide groups is 2. The fourth-order valence-corrected chi connectivity index (χ4v) is 8.69. The number of ether oxygens (including phenoxy) is 1. The summed E-state index contributed by atoms with van der Waals surface area (Å²) in [6, 6.07) is 26.0. The number of nitrogen functional groups attached to an aromatic ring is 1. The van der Waals surface area contributed by atoms with Crippen molar-refractivity contribution < 1.29 is 47.1 Å². The average molecular weight is 962 g/mol. The molecule has 18 nitrogen and oxygen atoms in total. The number of amides is 8. The van der Waals surface area contributed by atoms with E-state index in [9.17, 15) is 38.0 Å². The summed E-state index contributed by atoms with van der Waals surface area (Å²) in [7, 11) is 0. The Hall–Kier alpha value is -8.71. The fourth-order valence-electron chi connectivity index (χ4n) is 8.69. The normalized spacial score (nSPS) is 15.8. The number of nitrogens with two attached hydrogens (primary N) is 1. The van der Waals surface area contributed by atoms with E-state index in [1.54, 1.807) is 70.6 Å². The lowest BCUT2D eigenvalue weighted by molar-refractivity contribution is -0.136. The van der Waals surface area contributed by atoms with Crippen molar-refractivity contribution in [2.45, 2.75) is 25.4 Å². The van der Waals surface area contributed by atoms with Crippen molar-refractivity contribution in [1.82, 2.24) is 35.6 Å². The molecule has 0 bridgehead atoms. The minimum atomic E-state index is -1.06. The highest BCUT2D eigenvalue weighted by molar-refractivity contribution is 6.25. The van der Waals surface area contributed by atoms with Gasteiger partial charge in [0.05, 0.1) is 30.9 Å². The molecule has 3 aliphatic rings. The monoisotopic (exact) mass is 961 g/mol. The van der Waals surface area contributed by atoms with Gasteiger partial charge < -0.3 is 40.6 Å². The average Bonchev–Trinajstić information content (AvgIpc) is 3.92. The standard InChI is InChI=1S/C52H48FN9O9/c53-37-12-10-33(11-13-37)40-28-35(26-36-27-38(71-47(36)40)30-58-44(63)16-5-31-4-15-43(54)57-29-31)32-6-8-34(9-7-32)49(66)60-20-22-61(23-21-60)52(69)56-19-25-70-24-18-55-41-3-1-2-39-46(41)51(68)62(50(39)67)42-14-17-45(64)59-48(42)65/h1-13,15-16,26-29,42,55H,14,17-25,30H2,(H2,54,57)(H,56,69)(H,58,63)(H,59,64,65)/b16-5+. The van der Waals surface area contributed by atoms with Crippen molar-refractivity contribution in [2.24, 2.45) is 0 Å². The highest BCUT2D eigenvalue weighted by Crippen LogP contribution is 2.37. The van der Waals surface area contributed by atoms with Crippen LogP contribution in [-0.2, 0) is 25.7 Å². The summed E-state index contributed by atoms with van der Waals surface area (Å²) in [4.78, 5) is 98.0. The van der Waals surface area contributed by atoms with Crippen LogP contribution in [0.3, 0.4) is 0 Å². The van der Waals surface area contributed by atoms with Crippen molar-refractivity contribution in [2.75, 3.05) is 63.5 Å². The summed E-state index contributed by atoms with van der Waals surface area (Å²) in [5.41, 5.74) is 11.3. The van der Waals surface area contributed by atoms with Gasteiger partial charge in [0.1, 0.15) is 29.0 Å². The highest BCUT2D eigenvalue weighted by atomic mass is 19.1. The molecule has 19 heteroatoms. The van der Waals surface area contributed by atoms with E-state index in [4.69, 9.17) is 14.9 Å². The molecule has 9 rings (SSSR count). The van der Waals surface area contributed by atoms with E-state index in [0.717, 1.165) is 38.1 Å². The molecule has 6 N–H and O–H groups in total. The number of aromatic nitrogens is 1. The van der Waals surface area contributed by atoms with E-state index in [2.05, 4.69) is 26.3 Å². The summed E-state index contributed by atoms with van der Waals surface area (Å²) in [6.45, 7) is 2.45. The first-order valence-electron chi connectivity index (χ1n) is 23.0. The fraction of sp³-hybridized carbons (Fsp3) is 0.231. The largest absolute Gasteiger partial charge is 0.459 e. The molecule has 2 saturated heterocycles. The lowest BCUT2D eigenvalue weighted by atomic mass is 9.96. The van der Waals surface area contributed by atoms with E-state index >= 15 is 0 Å². The molecule has 0 saturated carbocycles. The minimum absolute atomic E-state index is 0.0293. The van der Waals surface area contributed by atoms with E-state index in [1.807, 2.05) is 30.3 Å². The Balaban J connectivity index is 0.737. The van der Waals surface area contributed by atoms with Gasteiger partial charge in [-0.25, -0.2) is 14.2 Å². The van der Waals surface area contributed by atoms with Gasteiger partial charge in [0.2, 0.25) is 17.7 Å². The number of urea groups is 1. The lowest BCUT2D eigenvalue weighted by Crippen LogP contribution is -2.54. The number of nitrogens with zero attached hydrogens (tertiary/aromatic N) is 4. The summed E-state index contributed by atoms with van der Waals surface area (Å²) >= 11 is 0. The number of carbonyl (C=O) groups is 7. The number of nitrogens with one attached hydrogen (secondary N) is 4. The van der Waals surface area contributed by atoms with Crippen molar-refractivity contribution in [3.05, 3.63) is 143 Å². The zero-order chi connectivity index (χ0) is 49.6. The number of piperazine rings is 1. The highest BCUT2D eigenvalue weighted by Gasteiger charge is 2.45. The van der Waals surface area contributed by atoms with Crippen LogP contribution in [0, 0.1) is 5.82 Å². The molecule has 0 radical (unpaired) electrons. The van der Waals surface area contributed by atoms with Gasteiger partial charge in [0, 0.05) is 80.2 Å². The molecular weight excluding hydrogens is 914 g/mol. The maximum atomic E-state index is 14.0. The Kier molecular flexibility index (Phi) is 13.9. The molecule has 1 atom stereocenters. The van der Waals surface area contributed by atoms with Crippen molar-refractivity contribution in [3.63, 3.8) is 0 Å². The molecule has 2 fully saturated rings. The first kappa shape index (κ1) is 47.4. The smallest absolute Gasteiger partial charge is 0.317 e. The van der Waals surface area contributed by atoms with Crippen LogP contribution in [0.4, 0.5) is 20.7 Å². The predicted octanol–water partition coefficient (Wildman–Crippen LogP) is 5.21. The number of carbonyl (C=O) groups excluding carboxylic acids is 7. The quantitative estimate of drug-likeness (QED) is 0.0507. The number of benzene rings is 4. The number of piperidine rings is 1. The number of fused-ring (bicyclic) bond motifs is 2. The second-order valence-electron chi connectivity index (χ2n) is 17.0. The third-order valence-corrected chi connectivity index (χ3v) is 12.4. The van der Waals surface area contributed by atoms with Crippen LogP contribution >= 0.6 is 0 Å². The van der Waals surface area contributed by atoms with E-state index in [1.165, 1.54) is 24.3 Å². The molecule has 4 aromatic carbocycles. The Morgan fingerprint density at radius 3 is 2.31 bits per heavy atom. The van der Waals surface area contributed by atoms with Gasteiger partial charge in [-0.15, -0.1) is 0 Å². The van der Waals surface area contributed by atoms with Gasteiger partial charge in [-0.3, -0.25) is 39.0 Å². The lowest BCUT2D eigenvalue weighted by Gasteiger charge is -2.34. The summed E-state index contributed by atoms with van der Waals surface area (Å²) < 4.78 is 25.9. The van der Waals surface area contributed by atoms with Crippen LogP contribution in [0.15, 0.2) is 114 Å². The Labute approximate surface area is 406 Å². The maximum absolute atomic E-state index is 14.0. The van der Waals surface area contributed by atoms with Crippen molar-refractivity contribution in [3.8, 4) is 22.3 Å². The topological polar surface area (TPSA) is 239 Å². The third kappa shape index (κ3) is 10.6. The molecule has 3 aliphatic heterocycles. The van der Waals surface area contributed by atoms with Gasteiger partial charge >= 0.3 is 6.03 Å². The van der Waals surface area contributed by atoms with Crippen LogP contribution in [0.25, 0.3) is 39.3 Å². The second kappa shape index (κ2) is 20.9. The molecule has 362 valence electrons. The number of rotatable bonds is 15. The van der Waals surface area contributed by atoms with Gasteiger partial charge in [-0.2, -0.15) is 0 Å². The Morgan fingerprint density at radius 1 is 0.817 bits per heavy atom. The van der Waals surface area contributed by atoms with Gasteiger partial charge in [0.25, 0.3) is 17.7 Å². The molecule has 1 unspecified atom stereocenters. The van der Waals surface area contributed by atoms with E-state index in [0.29, 0.717) is 54.6 Å². The predicted molar refractivity (Wildman–Crippen MR) is 260 cm³/mol. The molecule has 6 aromatic rings. The number of hydrogen-bond acceptors (Lipinski definition) is 12. The van der Waals surface area contributed by atoms with Crippen LogP contribution in [0.5, 0.6) is 0 Å². The Morgan fingerprint density at radius 2 is 1.56 bits per heavy atom. The van der Waals surface area contributed by atoms with Crippen LogP contribution in [-0.4, -0.2) is 120 Å². The number of halogens is 1. The zero-order valence-electron chi connectivity index (χ0n) is 38.2. The Bertz CT molecular complexity index is 3080. The molecule has 71 heavy (non-hydrogen) atoms. The first-order valence-corrected chi connectivity index (χ1v) is 23.0. The number of pyridine rings is 1. The van der Waals surface area contributed by atoms with Crippen LogP contribution < -0.4 is 27.0 Å². The van der Waals surface area contributed by atoms with E-state index in [-0.39, 0.29) is 80.5 Å². The molecule has 2 aromatic heterocycles.